The minimum Gasteiger partial charge on any atom is -0.493 e. The molecule has 3 rings (SSSR count). The number of hydrazone groups is 1. The highest BCUT2D eigenvalue weighted by Crippen LogP contribution is 2.36. The van der Waals surface area contributed by atoms with Crippen molar-refractivity contribution in [1.29, 1.82) is 0 Å². The minimum atomic E-state index is -1.03. The summed E-state index contributed by atoms with van der Waals surface area (Å²) in [5, 5.41) is 15.9. The first-order chi connectivity index (χ1) is 16.8. The summed E-state index contributed by atoms with van der Waals surface area (Å²) >= 11 is 6.37. The Morgan fingerprint density at radius 2 is 1.80 bits per heavy atom. The van der Waals surface area contributed by atoms with Crippen LogP contribution in [0.15, 0.2) is 65.8 Å². The Kier molecular flexibility index (Phi) is 8.42. The maximum atomic E-state index is 12.4. The molecule has 10 heteroatoms. The quantitative estimate of drug-likeness (QED) is 0.299. The van der Waals surface area contributed by atoms with Crippen LogP contribution in [0.5, 0.6) is 11.5 Å². The molecule has 0 unspecified atom stereocenters. The largest absolute Gasteiger partial charge is 0.493 e. The Hall–Kier alpha value is -4.37. The molecule has 9 nitrogen and oxygen atoms in total. The fourth-order valence-electron chi connectivity index (χ4n) is 3.08. The molecule has 0 aliphatic carbocycles. The van der Waals surface area contributed by atoms with Gasteiger partial charge in [-0.25, -0.2) is 10.2 Å². The molecule has 3 aromatic rings. The van der Waals surface area contributed by atoms with E-state index in [2.05, 4.69) is 15.8 Å². The molecule has 0 fully saturated rings. The molecule has 3 N–H and O–H groups in total. The molecule has 3 aromatic carbocycles. The van der Waals surface area contributed by atoms with Crippen molar-refractivity contribution in [1.82, 2.24) is 5.43 Å². The molecule has 0 aliphatic rings. The van der Waals surface area contributed by atoms with Crippen LogP contribution >= 0.6 is 11.6 Å². The van der Waals surface area contributed by atoms with E-state index >= 15 is 0 Å². The average Bonchev–Trinajstić information content (AvgIpc) is 2.83. The number of anilines is 1. The molecular weight excluding hydrogens is 474 g/mol. The number of nitrogens with zero attached hydrogens (tertiary/aromatic N) is 1. The number of carbonyl (C=O) groups is 3. The van der Waals surface area contributed by atoms with Gasteiger partial charge in [0.15, 0.2) is 11.5 Å². The van der Waals surface area contributed by atoms with Crippen LogP contribution in [0, 0.1) is 0 Å². The van der Waals surface area contributed by atoms with Crippen molar-refractivity contribution in [2.24, 2.45) is 5.10 Å². The zero-order chi connectivity index (χ0) is 25.4. The van der Waals surface area contributed by atoms with E-state index in [1.807, 2.05) is 0 Å². The van der Waals surface area contributed by atoms with E-state index in [1.165, 1.54) is 38.4 Å². The SMILES string of the molecule is COc1cc(/C=N\NC(=O)c2cccc(NC(C)=O)c2)cc(Cl)c1OCc1cccc(C(=O)O)c1. The van der Waals surface area contributed by atoms with Crippen molar-refractivity contribution in [2.45, 2.75) is 13.5 Å². The van der Waals surface area contributed by atoms with Crippen molar-refractivity contribution in [3.63, 3.8) is 0 Å². The number of halogens is 1. The van der Waals surface area contributed by atoms with Crippen LogP contribution < -0.4 is 20.2 Å². The van der Waals surface area contributed by atoms with Gasteiger partial charge in [0.05, 0.1) is 23.9 Å². The molecule has 0 radical (unpaired) electrons. The summed E-state index contributed by atoms with van der Waals surface area (Å²) in [4.78, 5) is 34.7. The maximum Gasteiger partial charge on any atom is 0.335 e. The third kappa shape index (κ3) is 7.05. The van der Waals surface area contributed by atoms with E-state index in [0.29, 0.717) is 28.1 Å². The van der Waals surface area contributed by atoms with Gasteiger partial charge in [-0.05, 0) is 53.6 Å². The van der Waals surface area contributed by atoms with Crippen LogP contribution in [-0.2, 0) is 11.4 Å². The van der Waals surface area contributed by atoms with Gasteiger partial charge in [-0.2, -0.15) is 5.10 Å². The molecule has 0 atom stereocenters. The number of nitrogens with one attached hydrogen (secondary N) is 2. The van der Waals surface area contributed by atoms with Crippen molar-refractivity contribution in [3.8, 4) is 11.5 Å². The van der Waals surface area contributed by atoms with Crippen LogP contribution in [0.25, 0.3) is 0 Å². The van der Waals surface area contributed by atoms with Gasteiger partial charge in [-0.15, -0.1) is 0 Å². The van der Waals surface area contributed by atoms with E-state index < -0.39 is 11.9 Å². The third-order valence-electron chi connectivity index (χ3n) is 4.63. The smallest absolute Gasteiger partial charge is 0.335 e. The predicted molar refractivity (Wildman–Crippen MR) is 132 cm³/mol. The predicted octanol–water partition coefficient (Wildman–Crippen LogP) is 4.35. The van der Waals surface area contributed by atoms with E-state index in [1.54, 1.807) is 42.5 Å². The topological polar surface area (TPSA) is 126 Å². The summed E-state index contributed by atoms with van der Waals surface area (Å²) in [6.07, 6.45) is 1.39. The van der Waals surface area contributed by atoms with E-state index in [-0.39, 0.29) is 28.8 Å². The second kappa shape index (κ2) is 11.7. The van der Waals surface area contributed by atoms with Gasteiger partial charge in [-0.3, -0.25) is 9.59 Å². The summed E-state index contributed by atoms with van der Waals surface area (Å²) in [6.45, 7) is 1.46. The molecule has 0 aliphatic heterocycles. The Morgan fingerprint density at radius 3 is 2.51 bits per heavy atom. The minimum absolute atomic E-state index is 0.0816. The van der Waals surface area contributed by atoms with Crippen molar-refractivity contribution in [2.75, 3.05) is 12.4 Å². The summed E-state index contributed by atoms with van der Waals surface area (Å²) in [5.74, 6) is -1.12. The first-order valence-corrected chi connectivity index (χ1v) is 10.7. The number of carboxylic acids is 1. The average molecular weight is 496 g/mol. The molecule has 0 spiro atoms. The number of hydrogen-bond acceptors (Lipinski definition) is 6. The lowest BCUT2D eigenvalue weighted by atomic mass is 10.1. The van der Waals surface area contributed by atoms with Crippen LogP contribution in [-0.4, -0.2) is 36.2 Å². The number of benzene rings is 3. The molecule has 35 heavy (non-hydrogen) atoms. The summed E-state index contributed by atoms with van der Waals surface area (Å²) in [5.41, 5.74) is 4.58. The number of aromatic carboxylic acids is 1. The lowest BCUT2D eigenvalue weighted by molar-refractivity contribution is -0.114. The number of rotatable bonds is 9. The fraction of sp³-hybridized carbons (Fsp3) is 0.120. The van der Waals surface area contributed by atoms with Crippen LogP contribution in [0.4, 0.5) is 5.69 Å². The van der Waals surface area contributed by atoms with Crippen molar-refractivity contribution >= 4 is 41.3 Å². The zero-order valence-corrected chi connectivity index (χ0v) is 19.6. The first-order valence-electron chi connectivity index (χ1n) is 10.3. The Morgan fingerprint density at radius 1 is 1.06 bits per heavy atom. The summed E-state index contributed by atoms with van der Waals surface area (Å²) in [7, 11) is 1.45. The molecular formula is C25H22ClN3O6. The Balaban J connectivity index is 1.68. The number of hydrogen-bond donors (Lipinski definition) is 3. The maximum absolute atomic E-state index is 12.4. The molecule has 0 aromatic heterocycles. The normalized spacial score (nSPS) is 10.6. The lowest BCUT2D eigenvalue weighted by Crippen LogP contribution is -2.18. The van der Waals surface area contributed by atoms with Gasteiger partial charge in [0, 0.05) is 18.2 Å². The molecule has 0 saturated heterocycles. The summed E-state index contributed by atoms with van der Waals surface area (Å²) in [6, 6.07) is 16.0. The standard InChI is InChI=1S/C25H22ClN3O6/c1-15(30)28-20-8-4-6-18(12-20)24(31)29-27-13-17-10-21(26)23(22(11-17)34-2)35-14-16-5-3-7-19(9-16)25(32)33/h3-13H,14H2,1-2H3,(H,28,30)(H,29,31)(H,32,33)/b27-13-. The molecule has 2 amide bonds. The number of methoxy groups -OCH3 is 1. The molecule has 0 heterocycles. The van der Waals surface area contributed by atoms with Crippen LogP contribution in [0.3, 0.4) is 0 Å². The van der Waals surface area contributed by atoms with Crippen LogP contribution in [0.1, 0.15) is 38.8 Å². The second-order valence-electron chi connectivity index (χ2n) is 7.29. The molecule has 0 saturated carbocycles. The monoisotopic (exact) mass is 495 g/mol. The molecule has 180 valence electrons. The van der Waals surface area contributed by atoms with E-state index in [4.69, 9.17) is 26.2 Å². The highest BCUT2D eigenvalue weighted by atomic mass is 35.5. The van der Waals surface area contributed by atoms with Gasteiger partial charge in [0.2, 0.25) is 5.91 Å². The summed E-state index contributed by atoms with van der Waals surface area (Å²) < 4.78 is 11.2. The fourth-order valence-corrected chi connectivity index (χ4v) is 3.35. The van der Waals surface area contributed by atoms with Crippen molar-refractivity contribution < 1.29 is 29.0 Å². The Labute approximate surface area is 206 Å². The second-order valence-corrected chi connectivity index (χ2v) is 7.70. The Bertz CT molecular complexity index is 1290. The van der Waals surface area contributed by atoms with E-state index in [9.17, 15) is 14.4 Å². The van der Waals surface area contributed by atoms with Gasteiger partial charge < -0.3 is 19.9 Å². The number of ether oxygens (including phenoxy) is 2. The number of amides is 2. The number of carbonyl (C=O) groups excluding carboxylic acids is 2. The highest BCUT2D eigenvalue weighted by Gasteiger charge is 2.13. The first kappa shape index (κ1) is 25.3. The van der Waals surface area contributed by atoms with E-state index in [0.717, 1.165) is 0 Å². The molecule has 0 bridgehead atoms. The lowest BCUT2D eigenvalue weighted by Gasteiger charge is -2.13. The zero-order valence-electron chi connectivity index (χ0n) is 18.9. The third-order valence-corrected chi connectivity index (χ3v) is 4.91. The van der Waals surface area contributed by atoms with Gasteiger partial charge in [-0.1, -0.05) is 29.8 Å². The number of carboxylic acid groups (broad SMARTS) is 1. The van der Waals surface area contributed by atoms with Crippen molar-refractivity contribution in [3.05, 3.63) is 87.9 Å². The van der Waals surface area contributed by atoms with Crippen LogP contribution in [0.2, 0.25) is 5.02 Å². The van der Waals surface area contributed by atoms with Gasteiger partial charge >= 0.3 is 5.97 Å². The van der Waals surface area contributed by atoms with Gasteiger partial charge in [0.1, 0.15) is 6.61 Å². The highest BCUT2D eigenvalue weighted by molar-refractivity contribution is 6.32. The van der Waals surface area contributed by atoms with Gasteiger partial charge in [0.25, 0.3) is 5.91 Å².